The van der Waals surface area contributed by atoms with Crippen LogP contribution in [-0.4, -0.2) is 6.54 Å². The number of nitrogens with one attached hydrogen (secondary N) is 1. The smallest absolute Gasteiger partial charge is 0.170 e. The lowest BCUT2D eigenvalue weighted by Gasteiger charge is -2.26. The maximum absolute atomic E-state index is 12.0. The lowest BCUT2D eigenvalue weighted by Crippen LogP contribution is -2.33. The molecule has 0 atom stereocenters. The SMILES string of the molecule is CCCCN[P+](/C=C(/C)[O-])(c1ccccc1)c1ccccc1. The fourth-order valence-corrected chi connectivity index (χ4v) is 5.95. The highest BCUT2D eigenvalue weighted by atomic mass is 31.2. The highest BCUT2D eigenvalue weighted by Crippen LogP contribution is 2.54. The van der Waals surface area contributed by atoms with Crippen LogP contribution in [0.25, 0.3) is 0 Å². The van der Waals surface area contributed by atoms with Gasteiger partial charge in [-0.15, -0.1) is 0 Å². The van der Waals surface area contributed by atoms with E-state index in [4.69, 9.17) is 0 Å². The molecule has 22 heavy (non-hydrogen) atoms. The number of rotatable bonds is 7. The zero-order valence-electron chi connectivity index (χ0n) is 13.3. The van der Waals surface area contributed by atoms with Gasteiger partial charge in [-0.05, 0) is 30.7 Å². The zero-order chi connectivity index (χ0) is 15.8. The van der Waals surface area contributed by atoms with E-state index in [-0.39, 0.29) is 5.76 Å². The van der Waals surface area contributed by atoms with Gasteiger partial charge in [0.05, 0.1) is 5.82 Å². The Morgan fingerprint density at radius 1 is 1.00 bits per heavy atom. The molecule has 0 aliphatic heterocycles. The number of benzene rings is 2. The van der Waals surface area contributed by atoms with Gasteiger partial charge in [0.15, 0.2) is 7.41 Å². The Morgan fingerprint density at radius 3 is 1.91 bits per heavy atom. The average Bonchev–Trinajstić information content (AvgIpc) is 2.55. The van der Waals surface area contributed by atoms with Gasteiger partial charge in [0.25, 0.3) is 0 Å². The molecule has 0 radical (unpaired) electrons. The molecular weight excluding hydrogens is 289 g/mol. The molecule has 2 aromatic carbocycles. The highest BCUT2D eigenvalue weighted by Gasteiger charge is 2.40. The van der Waals surface area contributed by atoms with Gasteiger partial charge < -0.3 is 5.11 Å². The van der Waals surface area contributed by atoms with Crippen molar-refractivity contribution in [2.24, 2.45) is 0 Å². The van der Waals surface area contributed by atoms with Gasteiger partial charge in [-0.25, -0.2) is 0 Å². The molecule has 0 aromatic heterocycles. The van der Waals surface area contributed by atoms with Crippen molar-refractivity contribution < 1.29 is 5.11 Å². The third-order valence-electron chi connectivity index (χ3n) is 3.59. The summed E-state index contributed by atoms with van der Waals surface area (Å²) in [5.41, 5.74) is 0. The van der Waals surface area contributed by atoms with Crippen molar-refractivity contribution in [2.45, 2.75) is 26.7 Å². The summed E-state index contributed by atoms with van der Waals surface area (Å²) in [6.07, 6.45) is 2.24. The van der Waals surface area contributed by atoms with Crippen LogP contribution < -0.4 is 20.8 Å². The molecule has 3 heteroatoms. The van der Waals surface area contributed by atoms with Crippen molar-refractivity contribution in [1.82, 2.24) is 5.09 Å². The molecule has 0 saturated heterocycles. The Balaban J connectivity index is 2.56. The van der Waals surface area contributed by atoms with Gasteiger partial charge in [0, 0.05) is 6.54 Å². The third-order valence-corrected chi connectivity index (χ3v) is 7.29. The maximum atomic E-state index is 12.0. The second-order valence-electron chi connectivity index (χ2n) is 5.40. The highest BCUT2D eigenvalue weighted by molar-refractivity contribution is 7.90. The van der Waals surface area contributed by atoms with Crippen LogP contribution in [0.2, 0.25) is 0 Å². The quantitative estimate of drug-likeness (QED) is 0.484. The van der Waals surface area contributed by atoms with Crippen molar-refractivity contribution >= 4 is 18.0 Å². The Hall–Kier alpha value is -1.63. The molecule has 0 spiro atoms. The largest absolute Gasteiger partial charge is 0.873 e. The summed E-state index contributed by atoms with van der Waals surface area (Å²) < 4.78 is 0. The predicted octanol–water partition coefficient (Wildman–Crippen LogP) is 3.18. The summed E-state index contributed by atoms with van der Waals surface area (Å²) in [6, 6.07) is 20.7. The first kappa shape index (κ1) is 16.7. The normalized spacial score (nSPS) is 12.4. The molecule has 2 aromatic rings. The fourth-order valence-electron chi connectivity index (χ4n) is 2.56. The number of unbranched alkanes of at least 4 members (excludes halogenated alkanes) is 1. The predicted molar refractivity (Wildman–Crippen MR) is 95.7 cm³/mol. The van der Waals surface area contributed by atoms with Crippen LogP contribution >= 0.6 is 7.41 Å². The van der Waals surface area contributed by atoms with Gasteiger partial charge >= 0.3 is 0 Å². The van der Waals surface area contributed by atoms with Crippen molar-refractivity contribution in [3.8, 4) is 0 Å². The van der Waals surface area contributed by atoms with Gasteiger partial charge in [-0.1, -0.05) is 62.4 Å². The first-order valence-electron chi connectivity index (χ1n) is 7.80. The Morgan fingerprint density at radius 2 is 1.50 bits per heavy atom. The zero-order valence-corrected chi connectivity index (χ0v) is 14.2. The van der Waals surface area contributed by atoms with Crippen molar-refractivity contribution in [3.63, 3.8) is 0 Å². The lowest BCUT2D eigenvalue weighted by molar-refractivity contribution is -0.301. The second-order valence-corrected chi connectivity index (χ2v) is 8.45. The van der Waals surface area contributed by atoms with Crippen LogP contribution in [0.1, 0.15) is 26.7 Å². The Labute approximate surface area is 134 Å². The molecule has 0 aliphatic rings. The summed E-state index contributed by atoms with van der Waals surface area (Å²) in [4.78, 5) is 0. The monoisotopic (exact) mass is 313 g/mol. The molecule has 0 saturated carbocycles. The summed E-state index contributed by atoms with van der Waals surface area (Å²) in [6.45, 7) is 4.74. The lowest BCUT2D eigenvalue weighted by atomic mass is 10.3. The summed E-state index contributed by atoms with van der Waals surface area (Å²) >= 11 is 0. The summed E-state index contributed by atoms with van der Waals surface area (Å²) in [5, 5.41) is 18.1. The number of hydrogen-bond acceptors (Lipinski definition) is 2. The minimum Gasteiger partial charge on any atom is -0.873 e. The van der Waals surface area contributed by atoms with E-state index in [2.05, 4.69) is 36.3 Å². The second kappa shape index (κ2) is 8.12. The van der Waals surface area contributed by atoms with E-state index in [0.717, 1.165) is 19.4 Å². The van der Waals surface area contributed by atoms with Crippen molar-refractivity contribution in [3.05, 3.63) is 72.2 Å². The molecule has 2 rings (SSSR count). The van der Waals surface area contributed by atoms with E-state index in [1.54, 1.807) is 6.92 Å². The summed E-state index contributed by atoms with van der Waals surface area (Å²) in [5.74, 6) is 2.03. The van der Waals surface area contributed by atoms with E-state index in [1.165, 1.54) is 10.6 Å². The van der Waals surface area contributed by atoms with Crippen molar-refractivity contribution in [1.29, 1.82) is 0 Å². The van der Waals surface area contributed by atoms with Crippen LogP contribution in [0.3, 0.4) is 0 Å². The Bertz CT molecular complexity index is 552. The molecule has 0 fully saturated rings. The van der Waals surface area contributed by atoms with Crippen LogP contribution in [-0.2, 0) is 0 Å². The first-order chi connectivity index (χ1) is 10.7. The molecule has 2 nitrogen and oxygen atoms in total. The number of hydrogen-bond donors (Lipinski definition) is 1. The molecule has 0 unspecified atom stereocenters. The average molecular weight is 313 g/mol. The minimum absolute atomic E-state index is 0.116. The molecule has 1 N–H and O–H groups in total. The third kappa shape index (κ3) is 3.97. The van der Waals surface area contributed by atoms with E-state index in [1.807, 2.05) is 42.2 Å². The van der Waals surface area contributed by atoms with Crippen LogP contribution in [0, 0.1) is 0 Å². The van der Waals surface area contributed by atoms with Gasteiger partial charge in [-0.3, -0.25) is 0 Å². The summed E-state index contributed by atoms with van der Waals surface area (Å²) in [7, 11) is -2.01. The molecule has 0 aliphatic carbocycles. The molecule has 0 heterocycles. The first-order valence-corrected chi connectivity index (χ1v) is 9.66. The van der Waals surface area contributed by atoms with Crippen molar-refractivity contribution in [2.75, 3.05) is 6.54 Å². The van der Waals surface area contributed by atoms with E-state index >= 15 is 0 Å². The molecular formula is C19H24NOP. The standard InChI is InChI=1S/C19H24NOP/c1-3-4-15-20-22(16-17(2)21,18-11-7-5-8-12-18)19-13-9-6-10-14-19/h5-14,16,20H,3-4,15H2,1-2H3/b17-16-. The van der Waals surface area contributed by atoms with Gasteiger partial charge in [0.1, 0.15) is 10.6 Å². The van der Waals surface area contributed by atoms with E-state index in [0.29, 0.717) is 0 Å². The Kier molecular flexibility index (Phi) is 6.18. The van der Waals surface area contributed by atoms with Crippen LogP contribution in [0.5, 0.6) is 0 Å². The van der Waals surface area contributed by atoms with Gasteiger partial charge in [0.2, 0.25) is 0 Å². The van der Waals surface area contributed by atoms with E-state index < -0.39 is 7.41 Å². The molecule has 0 amide bonds. The van der Waals surface area contributed by atoms with Crippen LogP contribution in [0.4, 0.5) is 0 Å². The molecule has 116 valence electrons. The number of allylic oxidation sites excluding steroid dienone is 1. The van der Waals surface area contributed by atoms with E-state index in [9.17, 15) is 5.11 Å². The fraction of sp³-hybridized carbons (Fsp3) is 0.263. The van der Waals surface area contributed by atoms with Gasteiger partial charge in [-0.2, -0.15) is 5.09 Å². The minimum atomic E-state index is -2.01. The molecule has 0 bridgehead atoms. The van der Waals surface area contributed by atoms with Crippen LogP contribution in [0.15, 0.2) is 72.2 Å². The topological polar surface area (TPSA) is 35.1 Å². The maximum Gasteiger partial charge on any atom is 0.170 e.